The Kier molecular flexibility index (Phi) is 9.87. The summed E-state index contributed by atoms with van der Waals surface area (Å²) < 4.78 is 41.6. The number of benzene rings is 3. The van der Waals surface area contributed by atoms with Gasteiger partial charge in [-0.25, -0.2) is 13.8 Å². The molecule has 12 heteroatoms. The summed E-state index contributed by atoms with van der Waals surface area (Å²) >= 11 is 0. The predicted octanol–water partition coefficient (Wildman–Crippen LogP) is 2.95. The van der Waals surface area contributed by atoms with Gasteiger partial charge in [-0.2, -0.15) is 5.10 Å². The van der Waals surface area contributed by atoms with Gasteiger partial charge in [-0.05, 0) is 61.0 Å². The van der Waals surface area contributed by atoms with Gasteiger partial charge in [0, 0.05) is 11.8 Å². The van der Waals surface area contributed by atoms with Crippen LogP contribution in [0.4, 0.5) is 11.4 Å². The minimum Gasteiger partial charge on any atom is -0.497 e. The third-order valence-electron chi connectivity index (χ3n) is 5.33. The molecule has 0 aliphatic carbocycles. The normalized spacial score (nSPS) is 11.1. The summed E-state index contributed by atoms with van der Waals surface area (Å²) in [4.78, 5) is 24.6. The molecule has 0 aliphatic rings. The molecule has 3 rings (SSSR count). The van der Waals surface area contributed by atoms with E-state index in [4.69, 9.17) is 14.2 Å². The van der Waals surface area contributed by atoms with Crippen molar-refractivity contribution in [2.24, 2.45) is 5.10 Å². The number of rotatable bonds is 12. The van der Waals surface area contributed by atoms with Gasteiger partial charge >= 0.3 is 0 Å². The van der Waals surface area contributed by atoms with Crippen LogP contribution in [0.1, 0.15) is 11.1 Å². The molecule has 39 heavy (non-hydrogen) atoms. The Labute approximate surface area is 227 Å². The summed E-state index contributed by atoms with van der Waals surface area (Å²) in [7, 11) is -0.959. The van der Waals surface area contributed by atoms with E-state index in [1.54, 1.807) is 30.3 Å². The molecule has 0 aliphatic heterocycles. The van der Waals surface area contributed by atoms with E-state index in [0.29, 0.717) is 22.7 Å². The summed E-state index contributed by atoms with van der Waals surface area (Å²) in [6.07, 6.45) is 2.38. The topological polar surface area (TPSA) is 136 Å². The highest BCUT2D eigenvalue weighted by Crippen LogP contribution is 2.33. The summed E-state index contributed by atoms with van der Waals surface area (Å²) in [6.45, 7) is 1.29. The van der Waals surface area contributed by atoms with Gasteiger partial charge < -0.3 is 19.5 Å². The quantitative estimate of drug-likeness (QED) is 0.260. The number of hydrogen-bond acceptors (Lipinski definition) is 8. The van der Waals surface area contributed by atoms with E-state index in [0.717, 1.165) is 16.1 Å². The van der Waals surface area contributed by atoms with Crippen molar-refractivity contribution in [2.75, 3.05) is 43.2 Å². The number of amides is 2. The molecule has 2 amide bonds. The Hall–Kier alpha value is -4.58. The predicted molar refractivity (Wildman–Crippen MR) is 149 cm³/mol. The lowest BCUT2D eigenvalue weighted by molar-refractivity contribution is -0.119. The van der Waals surface area contributed by atoms with Gasteiger partial charge in [0.2, 0.25) is 10.0 Å². The second-order valence-electron chi connectivity index (χ2n) is 8.37. The van der Waals surface area contributed by atoms with Crippen LogP contribution in [0, 0.1) is 6.92 Å². The maximum Gasteiger partial charge on any atom is 0.262 e. The number of aryl methyl sites for hydroxylation is 1. The lowest BCUT2D eigenvalue weighted by atomic mass is 10.2. The van der Waals surface area contributed by atoms with E-state index in [1.165, 1.54) is 32.6 Å². The number of anilines is 2. The maximum atomic E-state index is 12.5. The lowest BCUT2D eigenvalue weighted by Gasteiger charge is -2.23. The van der Waals surface area contributed by atoms with Crippen LogP contribution in [0.3, 0.4) is 0 Å². The Morgan fingerprint density at radius 1 is 0.923 bits per heavy atom. The van der Waals surface area contributed by atoms with E-state index >= 15 is 0 Å². The van der Waals surface area contributed by atoms with Crippen molar-refractivity contribution >= 4 is 39.4 Å². The average Bonchev–Trinajstić information content (AvgIpc) is 2.91. The van der Waals surface area contributed by atoms with Crippen molar-refractivity contribution < 1.29 is 32.2 Å². The number of carbonyl (C=O) groups is 2. The van der Waals surface area contributed by atoms with Crippen LogP contribution in [-0.4, -0.2) is 60.1 Å². The molecule has 0 unspecified atom stereocenters. The number of nitrogens with one attached hydrogen (secondary N) is 2. The minimum atomic E-state index is -3.82. The van der Waals surface area contributed by atoms with Crippen LogP contribution < -0.4 is 29.3 Å². The van der Waals surface area contributed by atoms with Gasteiger partial charge in [-0.15, -0.1) is 0 Å². The van der Waals surface area contributed by atoms with Gasteiger partial charge in [-0.1, -0.05) is 17.7 Å². The molecule has 3 aromatic carbocycles. The molecule has 11 nitrogen and oxygen atoms in total. The van der Waals surface area contributed by atoms with Crippen LogP contribution in [0.25, 0.3) is 0 Å². The molecule has 0 fully saturated rings. The fraction of sp³-hybridized carbons (Fsp3) is 0.222. The average molecular weight is 555 g/mol. The highest BCUT2D eigenvalue weighted by atomic mass is 32.2. The zero-order valence-electron chi connectivity index (χ0n) is 22.0. The fourth-order valence-electron chi connectivity index (χ4n) is 3.35. The summed E-state index contributed by atoms with van der Waals surface area (Å²) in [6, 6.07) is 18.7. The zero-order valence-corrected chi connectivity index (χ0v) is 22.8. The van der Waals surface area contributed by atoms with Crippen LogP contribution in [0.15, 0.2) is 71.8 Å². The zero-order chi connectivity index (χ0) is 28.4. The molecule has 0 atom stereocenters. The molecule has 0 heterocycles. The number of sulfonamides is 1. The SMILES string of the molecule is COc1ccc(N(CC(=O)N/N=C\c2ccc(OCC(=O)Nc3ccc(C)cc3)cc2)S(C)(=O)=O)c(OC)c1. The summed E-state index contributed by atoms with van der Waals surface area (Å²) in [5.41, 5.74) is 4.93. The molecule has 0 spiro atoms. The van der Waals surface area contributed by atoms with Crippen LogP contribution in [0.2, 0.25) is 0 Å². The standard InChI is InChI=1S/C27H30N4O7S/c1-19-5-9-21(10-6-19)29-27(33)18-38-22-11-7-20(8-12-22)16-28-30-26(32)17-31(39(4,34)35)24-14-13-23(36-2)15-25(24)37-3/h5-16H,17-18H2,1-4H3,(H,29,33)(H,30,32)/b28-16-. The summed E-state index contributed by atoms with van der Waals surface area (Å²) in [5.74, 6) is 0.232. The number of ether oxygens (including phenoxy) is 3. The van der Waals surface area contributed by atoms with Gasteiger partial charge in [0.1, 0.15) is 23.8 Å². The molecular weight excluding hydrogens is 524 g/mol. The van der Waals surface area contributed by atoms with Crippen molar-refractivity contribution in [3.8, 4) is 17.2 Å². The molecule has 3 aromatic rings. The molecule has 0 radical (unpaired) electrons. The second-order valence-corrected chi connectivity index (χ2v) is 10.3. The fourth-order valence-corrected chi connectivity index (χ4v) is 4.21. The third kappa shape index (κ3) is 8.75. The highest BCUT2D eigenvalue weighted by molar-refractivity contribution is 7.92. The molecule has 0 saturated carbocycles. The first kappa shape index (κ1) is 29.0. The van der Waals surface area contributed by atoms with E-state index in [9.17, 15) is 18.0 Å². The first-order valence-corrected chi connectivity index (χ1v) is 13.5. The van der Waals surface area contributed by atoms with E-state index in [-0.39, 0.29) is 24.0 Å². The van der Waals surface area contributed by atoms with Crippen molar-refractivity contribution in [3.05, 3.63) is 77.9 Å². The van der Waals surface area contributed by atoms with Crippen molar-refractivity contribution in [3.63, 3.8) is 0 Å². The first-order valence-electron chi connectivity index (χ1n) is 11.7. The lowest BCUT2D eigenvalue weighted by Crippen LogP contribution is -2.39. The van der Waals surface area contributed by atoms with E-state index in [2.05, 4.69) is 15.8 Å². The molecular formula is C27H30N4O7S. The van der Waals surface area contributed by atoms with Gasteiger partial charge in [0.25, 0.3) is 11.8 Å². The van der Waals surface area contributed by atoms with Crippen LogP contribution in [0.5, 0.6) is 17.2 Å². The van der Waals surface area contributed by atoms with Crippen molar-refractivity contribution in [2.45, 2.75) is 6.92 Å². The Morgan fingerprint density at radius 2 is 1.59 bits per heavy atom. The smallest absolute Gasteiger partial charge is 0.262 e. The maximum absolute atomic E-state index is 12.5. The molecule has 0 aromatic heterocycles. The monoisotopic (exact) mass is 554 g/mol. The minimum absolute atomic E-state index is 0.160. The summed E-state index contributed by atoms with van der Waals surface area (Å²) in [5, 5.41) is 6.65. The third-order valence-corrected chi connectivity index (χ3v) is 6.46. The van der Waals surface area contributed by atoms with E-state index < -0.39 is 22.5 Å². The molecule has 2 N–H and O–H groups in total. The van der Waals surface area contributed by atoms with Crippen LogP contribution in [-0.2, 0) is 19.6 Å². The first-order chi connectivity index (χ1) is 18.6. The van der Waals surface area contributed by atoms with Crippen molar-refractivity contribution in [1.29, 1.82) is 0 Å². The number of methoxy groups -OCH3 is 2. The Bertz CT molecular complexity index is 1420. The van der Waals surface area contributed by atoms with Crippen LogP contribution >= 0.6 is 0 Å². The second kappa shape index (κ2) is 13.3. The Balaban J connectivity index is 1.54. The Morgan fingerprint density at radius 3 is 2.21 bits per heavy atom. The van der Waals surface area contributed by atoms with Gasteiger partial charge in [0.05, 0.1) is 32.4 Å². The van der Waals surface area contributed by atoms with Gasteiger partial charge in [-0.3, -0.25) is 13.9 Å². The number of carbonyl (C=O) groups excluding carboxylic acids is 2. The van der Waals surface area contributed by atoms with Gasteiger partial charge in [0.15, 0.2) is 6.61 Å². The number of hydrazone groups is 1. The van der Waals surface area contributed by atoms with Crippen molar-refractivity contribution in [1.82, 2.24) is 5.43 Å². The number of hydrogen-bond donors (Lipinski definition) is 2. The molecule has 0 bridgehead atoms. The van der Waals surface area contributed by atoms with E-state index in [1.807, 2.05) is 31.2 Å². The molecule has 206 valence electrons. The molecule has 0 saturated heterocycles. The number of nitrogens with zero attached hydrogens (tertiary/aromatic N) is 2. The largest absolute Gasteiger partial charge is 0.497 e. The highest BCUT2D eigenvalue weighted by Gasteiger charge is 2.24.